The van der Waals surface area contributed by atoms with E-state index in [0.717, 1.165) is 11.0 Å². The zero-order valence-electron chi connectivity index (χ0n) is 7.15. The molecule has 0 amide bonds. The van der Waals surface area contributed by atoms with Crippen molar-refractivity contribution in [2.75, 3.05) is 19.6 Å². The lowest BCUT2D eigenvalue weighted by molar-refractivity contribution is -0.326. The average molecular weight is 168 g/mol. The van der Waals surface area contributed by atoms with Crippen LogP contribution in [0.15, 0.2) is 30.3 Å². The molecule has 1 aromatic carbocycles. The van der Waals surface area contributed by atoms with Crippen LogP contribution in [-0.2, 0) is 9.68 Å². The zero-order chi connectivity index (χ0) is 8.81. The van der Waals surface area contributed by atoms with Crippen molar-refractivity contribution in [3.8, 4) is 0 Å². The Hall–Kier alpha value is -1.10. The predicted octanol–water partition coefficient (Wildman–Crippen LogP) is 1.44. The van der Waals surface area contributed by atoms with Crippen LogP contribution in [0.4, 0.5) is 5.69 Å². The minimum atomic E-state index is 0.904. The fourth-order valence-corrected chi connectivity index (χ4v) is 0.784. The van der Waals surface area contributed by atoms with Crippen LogP contribution in [0, 0.1) is 0 Å². The third kappa shape index (κ3) is 2.50. The van der Waals surface area contributed by atoms with Gasteiger partial charge in [0.05, 0.1) is 19.9 Å². The first-order valence-corrected chi connectivity index (χ1v) is 3.57. The van der Waals surface area contributed by atoms with Gasteiger partial charge >= 0.3 is 0 Å². The van der Waals surface area contributed by atoms with Crippen molar-refractivity contribution in [1.82, 2.24) is 5.34 Å². The van der Waals surface area contributed by atoms with Gasteiger partial charge in [0.2, 0.25) is 0 Å². The van der Waals surface area contributed by atoms with E-state index in [-0.39, 0.29) is 0 Å². The standard InChI is InChI=1S/C8H12N2O2/c1-11-10(12-2)9-8-6-4-3-5-7-8/h3-7,9H,1-2H3. The van der Waals surface area contributed by atoms with Crippen LogP contribution < -0.4 is 5.43 Å². The first kappa shape index (κ1) is 8.99. The van der Waals surface area contributed by atoms with E-state index in [9.17, 15) is 0 Å². The number of nitrogens with zero attached hydrogens (tertiary/aromatic N) is 1. The maximum absolute atomic E-state index is 4.80. The highest BCUT2D eigenvalue weighted by atomic mass is 17.0. The summed E-state index contributed by atoms with van der Waals surface area (Å²) in [5.74, 6) is 0. The number of hydrogen-bond donors (Lipinski definition) is 1. The lowest BCUT2D eigenvalue weighted by Crippen LogP contribution is -2.27. The first-order chi connectivity index (χ1) is 5.86. The highest BCUT2D eigenvalue weighted by Gasteiger charge is 1.98. The van der Waals surface area contributed by atoms with Gasteiger partial charge in [0.15, 0.2) is 0 Å². The maximum Gasteiger partial charge on any atom is 0.0621 e. The molecule has 12 heavy (non-hydrogen) atoms. The highest BCUT2D eigenvalue weighted by Crippen LogP contribution is 2.06. The van der Waals surface area contributed by atoms with E-state index in [1.54, 1.807) is 0 Å². The van der Waals surface area contributed by atoms with Crippen LogP contribution in [0.3, 0.4) is 0 Å². The Morgan fingerprint density at radius 1 is 1.08 bits per heavy atom. The van der Waals surface area contributed by atoms with Gasteiger partial charge in [-0.1, -0.05) is 18.2 Å². The van der Waals surface area contributed by atoms with Crippen LogP contribution in [0.1, 0.15) is 0 Å². The van der Waals surface area contributed by atoms with E-state index in [1.807, 2.05) is 30.3 Å². The number of benzene rings is 1. The van der Waals surface area contributed by atoms with Gasteiger partial charge in [-0.2, -0.15) is 0 Å². The molecular formula is C8H12N2O2. The molecule has 1 N–H and O–H groups in total. The lowest BCUT2D eigenvalue weighted by Gasteiger charge is -2.17. The molecule has 0 radical (unpaired) electrons. The van der Waals surface area contributed by atoms with Gasteiger partial charge in [-0.15, -0.1) is 0 Å². The van der Waals surface area contributed by atoms with Crippen LogP contribution in [0.5, 0.6) is 0 Å². The van der Waals surface area contributed by atoms with E-state index in [1.165, 1.54) is 14.2 Å². The van der Waals surface area contributed by atoms with Crippen molar-refractivity contribution in [1.29, 1.82) is 0 Å². The molecule has 0 aliphatic heterocycles. The molecule has 0 heterocycles. The lowest BCUT2D eigenvalue weighted by atomic mass is 10.3. The van der Waals surface area contributed by atoms with E-state index >= 15 is 0 Å². The molecule has 0 bridgehead atoms. The summed E-state index contributed by atoms with van der Waals surface area (Å²) in [4.78, 5) is 9.61. The van der Waals surface area contributed by atoms with E-state index in [0.29, 0.717) is 0 Å². The van der Waals surface area contributed by atoms with Crippen molar-refractivity contribution in [2.45, 2.75) is 0 Å². The van der Waals surface area contributed by atoms with Gasteiger partial charge < -0.3 is 0 Å². The molecule has 0 spiro atoms. The zero-order valence-corrected chi connectivity index (χ0v) is 7.15. The molecule has 0 saturated heterocycles. The highest BCUT2D eigenvalue weighted by molar-refractivity contribution is 5.40. The van der Waals surface area contributed by atoms with Crippen molar-refractivity contribution in [3.05, 3.63) is 30.3 Å². The molecular weight excluding hydrogens is 156 g/mol. The number of anilines is 1. The van der Waals surface area contributed by atoms with Gasteiger partial charge in [-0.05, 0) is 12.1 Å². The molecule has 0 unspecified atom stereocenters. The number of para-hydroxylation sites is 1. The molecule has 0 aromatic heterocycles. The molecule has 4 heteroatoms. The third-order valence-electron chi connectivity index (χ3n) is 1.33. The van der Waals surface area contributed by atoms with Gasteiger partial charge in [-0.3, -0.25) is 15.1 Å². The van der Waals surface area contributed by atoms with Crippen LogP contribution in [0.2, 0.25) is 0 Å². The normalized spacial score (nSPS) is 10.2. The summed E-state index contributed by atoms with van der Waals surface area (Å²) in [6, 6.07) is 9.60. The van der Waals surface area contributed by atoms with E-state index in [4.69, 9.17) is 9.68 Å². The van der Waals surface area contributed by atoms with Gasteiger partial charge in [0, 0.05) is 5.34 Å². The van der Waals surface area contributed by atoms with Crippen molar-refractivity contribution in [3.63, 3.8) is 0 Å². The van der Waals surface area contributed by atoms with Crippen molar-refractivity contribution < 1.29 is 9.68 Å². The third-order valence-corrected chi connectivity index (χ3v) is 1.33. The summed E-state index contributed by atoms with van der Waals surface area (Å²) in [5.41, 5.74) is 3.77. The molecule has 0 saturated carbocycles. The minimum absolute atomic E-state index is 0.904. The van der Waals surface area contributed by atoms with Crippen LogP contribution in [0.25, 0.3) is 0 Å². The molecule has 0 fully saturated rings. The largest absolute Gasteiger partial charge is 0.272 e. The molecule has 1 rings (SSSR count). The second-order valence-electron chi connectivity index (χ2n) is 2.10. The summed E-state index contributed by atoms with van der Waals surface area (Å²) >= 11 is 0. The first-order valence-electron chi connectivity index (χ1n) is 3.57. The molecule has 66 valence electrons. The van der Waals surface area contributed by atoms with Crippen molar-refractivity contribution in [2.24, 2.45) is 0 Å². The van der Waals surface area contributed by atoms with Crippen LogP contribution >= 0.6 is 0 Å². The van der Waals surface area contributed by atoms with Crippen LogP contribution in [-0.4, -0.2) is 19.6 Å². The van der Waals surface area contributed by atoms with E-state index < -0.39 is 0 Å². The van der Waals surface area contributed by atoms with Crippen molar-refractivity contribution >= 4 is 5.69 Å². The quantitative estimate of drug-likeness (QED) is 0.690. The summed E-state index contributed by atoms with van der Waals surface area (Å²) in [6.07, 6.45) is 0. The summed E-state index contributed by atoms with van der Waals surface area (Å²) in [6.45, 7) is 0. The minimum Gasteiger partial charge on any atom is -0.272 e. The Kier molecular flexibility index (Phi) is 3.53. The number of rotatable bonds is 4. The summed E-state index contributed by atoms with van der Waals surface area (Å²) < 4.78 is 0. The summed E-state index contributed by atoms with van der Waals surface area (Å²) in [7, 11) is 3.03. The Labute approximate surface area is 71.6 Å². The topological polar surface area (TPSA) is 33.7 Å². The Balaban J connectivity index is 2.51. The molecule has 0 atom stereocenters. The summed E-state index contributed by atoms with van der Waals surface area (Å²) in [5, 5.41) is 1.16. The van der Waals surface area contributed by atoms with E-state index in [2.05, 4.69) is 5.43 Å². The Morgan fingerprint density at radius 3 is 2.17 bits per heavy atom. The van der Waals surface area contributed by atoms with Gasteiger partial charge in [0.25, 0.3) is 0 Å². The SMILES string of the molecule is CON(Nc1ccccc1)OC. The molecule has 4 nitrogen and oxygen atoms in total. The second kappa shape index (κ2) is 4.71. The second-order valence-corrected chi connectivity index (χ2v) is 2.10. The Bertz CT molecular complexity index is 212. The molecule has 0 aliphatic rings. The molecule has 1 aromatic rings. The number of nitrogens with one attached hydrogen (secondary N) is 1. The maximum atomic E-state index is 4.80. The fourth-order valence-electron chi connectivity index (χ4n) is 0.784. The fraction of sp³-hybridized carbons (Fsp3) is 0.250. The number of hydrazine groups is 1. The molecule has 0 aliphatic carbocycles. The smallest absolute Gasteiger partial charge is 0.0621 e. The Morgan fingerprint density at radius 2 is 1.67 bits per heavy atom. The monoisotopic (exact) mass is 168 g/mol. The predicted molar refractivity (Wildman–Crippen MR) is 45.9 cm³/mol. The van der Waals surface area contributed by atoms with Gasteiger partial charge in [-0.25, -0.2) is 0 Å². The average Bonchev–Trinajstić information content (AvgIpc) is 2.16. The number of hydrogen-bond acceptors (Lipinski definition) is 4. The van der Waals surface area contributed by atoms with Gasteiger partial charge in [0.1, 0.15) is 0 Å².